The van der Waals surface area contributed by atoms with E-state index in [1.807, 2.05) is 13.0 Å². The molecule has 2 heterocycles. The van der Waals surface area contributed by atoms with Crippen molar-refractivity contribution in [3.8, 4) is 0 Å². The maximum Gasteiger partial charge on any atom is 0.256 e. The van der Waals surface area contributed by atoms with Gasteiger partial charge in [0.2, 0.25) is 0 Å². The number of hydrogen-bond acceptors (Lipinski definition) is 3. The third-order valence-corrected chi connectivity index (χ3v) is 4.98. The van der Waals surface area contributed by atoms with Crippen molar-refractivity contribution in [2.24, 2.45) is 7.05 Å². The number of nitrogens with one attached hydrogen (secondary N) is 1. The molecule has 6 heteroatoms. The van der Waals surface area contributed by atoms with Gasteiger partial charge >= 0.3 is 0 Å². The highest BCUT2D eigenvalue weighted by Gasteiger charge is 2.24. The van der Waals surface area contributed by atoms with Crippen LogP contribution >= 0.6 is 11.6 Å². The molecule has 0 saturated carbocycles. The summed E-state index contributed by atoms with van der Waals surface area (Å²) in [7, 11) is 1.74. The van der Waals surface area contributed by atoms with Gasteiger partial charge in [0, 0.05) is 32.7 Å². The maximum absolute atomic E-state index is 12.5. The lowest BCUT2D eigenvalue weighted by Crippen LogP contribution is -2.44. The molecule has 128 valence electrons. The average Bonchev–Trinajstić information content (AvgIpc) is 2.83. The summed E-state index contributed by atoms with van der Waals surface area (Å²) >= 11 is 6.17. The highest BCUT2D eigenvalue weighted by molar-refractivity contribution is 6.33. The maximum atomic E-state index is 12.5. The van der Waals surface area contributed by atoms with E-state index < -0.39 is 0 Å². The molecule has 0 aliphatic carbocycles. The minimum absolute atomic E-state index is 0.118. The Labute approximate surface area is 147 Å². The second kappa shape index (κ2) is 7.36. The van der Waals surface area contributed by atoms with E-state index in [4.69, 9.17) is 11.6 Å². The van der Waals surface area contributed by atoms with Gasteiger partial charge in [0.25, 0.3) is 5.91 Å². The van der Waals surface area contributed by atoms with Gasteiger partial charge in [-0.2, -0.15) is 5.10 Å². The first-order valence-corrected chi connectivity index (χ1v) is 8.68. The number of rotatable bonds is 4. The fourth-order valence-electron chi connectivity index (χ4n) is 3.22. The van der Waals surface area contributed by atoms with Crippen LogP contribution in [0.3, 0.4) is 0 Å². The predicted octanol–water partition coefficient (Wildman–Crippen LogP) is 2.78. The number of likely N-dealkylation sites (tertiary alicyclic amines) is 1. The van der Waals surface area contributed by atoms with Gasteiger partial charge in [-0.25, -0.2) is 0 Å². The summed E-state index contributed by atoms with van der Waals surface area (Å²) in [4.78, 5) is 14.9. The lowest BCUT2D eigenvalue weighted by atomic mass is 10.0. The molecule has 0 radical (unpaired) electrons. The molecule has 1 aliphatic rings. The number of carbonyl (C=O) groups is 1. The number of benzene rings is 1. The molecule has 0 atom stereocenters. The largest absolute Gasteiger partial charge is 0.349 e. The van der Waals surface area contributed by atoms with Crippen LogP contribution in [0.15, 0.2) is 30.3 Å². The lowest BCUT2D eigenvalue weighted by molar-refractivity contribution is 0.0908. The summed E-state index contributed by atoms with van der Waals surface area (Å²) in [5, 5.41) is 7.71. The van der Waals surface area contributed by atoms with Crippen molar-refractivity contribution in [2.45, 2.75) is 32.4 Å². The zero-order valence-corrected chi connectivity index (χ0v) is 14.9. The van der Waals surface area contributed by atoms with Gasteiger partial charge in [0.1, 0.15) is 5.15 Å². The zero-order valence-electron chi connectivity index (χ0n) is 14.1. The molecule has 1 amide bonds. The van der Waals surface area contributed by atoms with Crippen LogP contribution in [0.4, 0.5) is 0 Å². The Morgan fingerprint density at radius 1 is 1.29 bits per heavy atom. The van der Waals surface area contributed by atoms with Crippen molar-refractivity contribution in [1.29, 1.82) is 0 Å². The third kappa shape index (κ3) is 3.79. The van der Waals surface area contributed by atoms with E-state index >= 15 is 0 Å². The molecule has 1 aromatic carbocycles. The van der Waals surface area contributed by atoms with Crippen molar-refractivity contribution in [3.05, 3.63) is 52.3 Å². The zero-order chi connectivity index (χ0) is 17.1. The summed E-state index contributed by atoms with van der Waals surface area (Å²) in [6.07, 6.45) is 1.91. The van der Waals surface area contributed by atoms with Gasteiger partial charge in [0.05, 0.1) is 11.3 Å². The van der Waals surface area contributed by atoms with E-state index in [1.54, 1.807) is 7.05 Å². The van der Waals surface area contributed by atoms with Crippen LogP contribution in [0.5, 0.6) is 0 Å². The lowest BCUT2D eigenvalue weighted by Gasteiger charge is -2.32. The Balaban J connectivity index is 1.53. The first-order valence-electron chi connectivity index (χ1n) is 8.31. The molecule has 0 spiro atoms. The normalized spacial score (nSPS) is 16.3. The van der Waals surface area contributed by atoms with Crippen LogP contribution < -0.4 is 5.32 Å². The minimum Gasteiger partial charge on any atom is -0.349 e. The van der Waals surface area contributed by atoms with Crippen molar-refractivity contribution in [1.82, 2.24) is 20.0 Å². The predicted molar refractivity (Wildman–Crippen MR) is 95.2 cm³/mol. The molecule has 0 bridgehead atoms. The first kappa shape index (κ1) is 17.0. The van der Waals surface area contributed by atoms with E-state index in [0.29, 0.717) is 16.4 Å². The summed E-state index contributed by atoms with van der Waals surface area (Å²) in [5.41, 5.74) is 2.49. The van der Waals surface area contributed by atoms with Crippen molar-refractivity contribution >= 4 is 17.5 Å². The first-order chi connectivity index (χ1) is 11.5. The Hall–Kier alpha value is -1.85. The van der Waals surface area contributed by atoms with Crippen LogP contribution in [0.1, 0.15) is 34.5 Å². The number of aromatic nitrogens is 2. The molecule has 1 aliphatic heterocycles. The van der Waals surface area contributed by atoms with Gasteiger partial charge in [0.15, 0.2) is 0 Å². The molecule has 5 nitrogen and oxygen atoms in total. The Morgan fingerprint density at radius 3 is 2.54 bits per heavy atom. The van der Waals surface area contributed by atoms with Crippen LogP contribution in [-0.4, -0.2) is 39.7 Å². The van der Waals surface area contributed by atoms with Crippen LogP contribution in [0, 0.1) is 6.92 Å². The summed E-state index contributed by atoms with van der Waals surface area (Å²) < 4.78 is 1.54. The number of amides is 1. The second-order valence-electron chi connectivity index (χ2n) is 6.38. The fourth-order valence-corrected chi connectivity index (χ4v) is 3.48. The Morgan fingerprint density at radius 2 is 1.96 bits per heavy atom. The number of piperidine rings is 1. The highest BCUT2D eigenvalue weighted by atomic mass is 35.5. The van der Waals surface area contributed by atoms with Crippen molar-refractivity contribution in [3.63, 3.8) is 0 Å². The molecule has 3 rings (SSSR count). The second-order valence-corrected chi connectivity index (χ2v) is 6.74. The molecule has 1 N–H and O–H groups in total. The molecule has 1 saturated heterocycles. The highest BCUT2D eigenvalue weighted by Crippen LogP contribution is 2.20. The van der Waals surface area contributed by atoms with E-state index in [9.17, 15) is 4.79 Å². The molecule has 1 aromatic heterocycles. The summed E-state index contributed by atoms with van der Waals surface area (Å²) in [6.45, 7) is 4.75. The van der Waals surface area contributed by atoms with Gasteiger partial charge < -0.3 is 5.32 Å². The number of aryl methyl sites for hydroxylation is 2. The summed E-state index contributed by atoms with van der Waals surface area (Å²) in [6, 6.07) is 10.7. The SMILES string of the molecule is Cc1nn(C)c(Cl)c1C(=O)NC1CCN(Cc2ccccc2)CC1. The number of hydrogen-bond donors (Lipinski definition) is 1. The van der Waals surface area contributed by atoms with Crippen molar-refractivity contribution < 1.29 is 4.79 Å². The van der Waals surface area contributed by atoms with E-state index in [2.05, 4.69) is 39.6 Å². The molecule has 2 aromatic rings. The quantitative estimate of drug-likeness (QED) is 0.926. The van der Waals surface area contributed by atoms with Gasteiger partial charge in [-0.1, -0.05) is 41.9 Å². The third-order valence-electron chi connectivity index (χ3n) is 4.55. The van der Waals surface area contributed by atoms with E-state index in [1.165, 1.54) is 10.2 Å². The summed E-state index contributed by atoms with van der Waals surface area (Å²) in [5.74, 6) is -0.118. The topological polar surface area (TPSA) is 50.2 Å². The van der Waals surface area contributed by atoms with E-state index in [0.717, 1.165) is 32.5 Å². The Kier molecular flexibility index (Phi) is 5.21. The van der Waals surface area contributed by atoms with Crippen LogP contribution in [0.2, 0.25) is 5.15 Å². The van der Waals surface area contributed by atoms with Crippen molar-refractivity contribution in [2.75, 3.05) is 13.1 Å². The monoisotopic (exact) mass is 346 g/mol. The Bertz CT molecular complexity index is 705. The van der Waals surface area contributed by atoms with Gasteiger partial charge in [-0.15, -0.1) is 0 Å². The molecule has 0 unspecified atom stereocenters. The fraction of sp³-hybridized carbons (Fsp3) is 0.444. The smallest absolute Gasteiger partial charge is 0.256 e. The average molecular weight is 347 g/mol. The number of carbonyl (C=O) groups excluding carboxylic acids is 1. The molecule has 1 fully saturated rings. The van der Waals surface area contributed by atoms with Gasteiger partial charge in [-0.3, -0.25) is 14.4 Å². The van der Waals surface area contributed by atoms with Gasteiger partial charge in [-0.05, 0) is 25.3 Å². The van der Waals surface area contributed by atoms with E-state index in [-0.39, 0.29) is 11.9 Å². The number of halogens is 1. The molecular formula is C18H23ClN4O. The molecule has 24 heavy (non-hydrogen) atoms. The standard InChI is InChI=1S/C18H23ClN4O/c1-13-16(17(19)22(2)21-13)18(24)20-15-8-10-23(11-9-15)12-14-6-4-3-5-7-14/h3-7,15H,8-12H2,1-2H3,(H,20,24). The number of nitrogens with zero attached hydrogens (tertiary/aromatic N) is 3. The van der Waals surface area contributed by atoms with Crippen LogP contribution in [0.25, 0.3) is 0 Å². The molecular weight excluding hydrogens is 324 g/mol. The van der Waals surface area contributed by atoms with Crippen LogP contribution in [-0.2, 0) is 13.6 Å². The minimum atomic E-state index is -0.118.